The van der Waals surface area contributed by atoms with Gasteiger partial charge in [0.05, 0.1) is 5.69 Å². The maximum atomic E-state index is 4.50. The molecule has 0 aliphatic carbocycles. The van der Waals surface area contributed by atoms with Gasteiger partial charge in [0, 0.05) is 35.7 Å². The lowest BCUT2D eigenvalue weighted by molar-refractivity contribution is 1.16. The van der Waals surface area contributed by atoms with Crippen molar-refractivity contribution < 1.29 is 0 Å². The Hall–Kier alpha value is -2.14. The number of aromatic nitrogens is 4. The Morgan fingerprint density at radius 2 is 1.88 bits per heavy atom. The van der Waals surface area contributed by atoms with Crippen LogP contribution in [0.1, 0.15) is 0 Å². The predicted octanol–water partition coefficient (Wildman–Crippen LogP) is 2.66. The molecule has 5 heteroatoms. The zero-order valence-corrected chi connectivity index (χ0v) is 9.63. The van der Waals surface area contributed by atoms with Crippen molar-refractivity contribution in [3.05, 3.63) is 48.4 Å². The second-order valence-electron chi connectivity index (χ2n) is 3.35. The molecule has 82 valence electrons. The summed E-state index contributed by atoms with van der Waals surface area (Å²) in [5.41, 5.74) is 1.91. The summed E-state index contributed by atoms with van der Waals surface area (Å²) in [5, 5.41) is 2.81. The smallest absolute Gasteiger partial charge is 0.188 e. The van der Waals surface area contributed by atoms with Crippen LogP contribution < -0.4 is 0 Å². The van der Waals surface area contributed by atoms with Crippen LogP contribution in [0.15, 0.2) is 48.4 Å². The third kappa shape index (κ3) is 2.05. The van der Waals surface area contributed by atoms with Gasteiger partial charge in [-0.05, 0) is 18.2 Å². The molecule has 0 radical (unpaired) electrons. The molecule has 0 atom stereocenters. The molecule has 0 bridgehead atoms. The lowest BCUT2D eigenvalue weighted by Gasteiger charge is -1.94. The Kier molecular flexibility index (Phi) is 2.59. The van der Waals surface area contributed by atoms with Crippen LogP contribution in [0.5, 0.6) is 0 Å². The zero-order chi connectivity index (χ0) is 11.5. The van der Waals surface area contributed by atoms with E-state index in [1.54, 1.807) is 30.9 Å². The van der Waals surface area contributed by atoms with Gasteiger partial charge >= 0.3 is 0 Å². The maximum absolute atomic E-state index is 4.50. The van der Waals surface area contributed by atoms with Gasteiger partial charge in [-0.15, -0.1) is 11.3 Å². The standard InChI is InChI=1S/C12H8N4S/c1-3-9(7-13-4-1)10-8-17-12(16-10)11-14-5-2-6-15-11/h1-8H. The topological polar surface area (TPSA) is 51.6 Å². The summed E-state index contributed by atoms with van der Waals surface area (Å²) in [6, 6.07) is 5.67. The number of pyridine rings is 1. The van der Waals surface area contributed by atoms with Crippen LogP contribution in [0.3, 0.4) is 0 Å². The van der Waals surface area contributed by atoms with Crippen LogP contribution in [0, 0.1) is 0 Å². The molecule has 0 aromatic carbocycles. The fraction of sp³-hybridized carbons (Fsp3) is 0. The van der Waals surface area contributed by atoms with Gasteiger partial charge in [0.15, 0.2) is 10.8 Å². The molecule has 0 saturated heterocycles. The highest BCUT2D eigenvalue weighted by Gasteiger charge is 2.07. The van der Waals surface area contributed by atoms with Crippen LogP contribution in [-0.4, -0.2) is 19.9 Å². The van der Waals surface area contributed by atoms with Crippen molar-refractivity contribution in [2.75, 3.05) is 0 Å². The molecule has 17 heavy (non-hydrogen) atoms. The first-order valence-corrected chi connectivity index (χ1v) is 5.95. The van der Waals surface area contributed by atoms with Crippen molar-refractivity contribution >= 4 is 11.3 Å². The first kappa shape index (κ1) is 10.0. The van der Waals surface area contributed by atoms with E-state index in [1.807, 2.05) is 17.5 Å². The van der Waals surface area contributed by atoms with Crippen molar-refractivity contribution in [2.45, 2.75) is 0 Å². The molecule has 0 unspecified atom stereocenters. The maximum Gasteiger partial charge on any atom is 0.188 e. The molecule has 4 nitrogen and oxygen atoms in total. The molecule has 0 N–H and O–H groups in total. The molecule has 0 amide bonds. The Morgan fingerprint density at radius 3 is 2.65 bits per heavy atom. The zero-order valence-electron chi connectivity index (χ0n) is 8.82. The van der Waals surface area contributed by atoms with Crippen LogP contribution in [0.4, 0.5) is 0 Å². The Labute approximate surface area is 102 Å². The minimum Gasteiger partial charge on any atom is -0.264 e. The lowest BCUT2D eigenvalue weighted by Crippen LogP contribution is -1.86. The SMILES string of the molecule is c1cnc(-c2nc(-c3cccnc3)cs2)nc1. The predicted molar refractivity (Wildman–Crippen MR) is 66.4 cm³/mol. The largest absolute Gasteiger partial charge is 0.264 e. The molecule has 0 spiro atoms. The van der Waals surface area contributed by atoms with Gasteiger partial charge in [-0.25, -0.2) is 15.0 Å². The monoisotopic (exact) mass is 240 g/mol. The minimum absolute atomic E-state index is 0.660. The van der Waals surface area contributed by atoms with Crippen molar-refractivity contribution in [3.8, 4) is 22.1 Å². The molecule has 0 saturated carbocycles. The average molecular weight is 240 g/mol. The highest BCUT2D eigenvalue weighted by atomic mass is 32.1. The molecule has 3 heterocycles. The molecule has 3 rings (SSSR count). The lowest BCUT2D eigenvalue weighted by atomic mass is 10.2. The molecule has 0 aliphatic rings. The summed E-state index contributed by atoms with van der Waals surface area (Å²) in [6.07, 6.45) is 6.97. The Morgan fingerprint density at radius 1 is 1.00 bits per heavy atom. The van der Waals surface area contributed by atoms with E-state index in [1.165, 1.54) is 11.3 Å². The Balaban J connectivity index is 1.99. The first-order chi connectivity index (χ1) is 8.43. The fourth-order valence-corrected chi connectivity index (χ4v) is 2.21. The molecular weight excluding hydrogens is 232 g/mol. The van der Waals surface area contributed by atoms with Gasteiger partial charge in [0.25, 0.3) is 0 Å². The molecule has 3 aromatic rings. The van der Waals surface area contributed by atoms with Crippen LogP contribution in [0.2, 0.25) is 0 Å². The summed E-state index contributed by atoms with van der Waals surface area (Å²) in [7, 11) is 0. The van der Waals surface area contributed by atoms with Crippen LogP contribution in [0.25, 0.3) is 22.1 Å². The first-order valence-electron chi connectivity index (χ1n) is 5.07. The summed E-state index contributed by atoms with van der Waals surface area (Å²) in [5.74, 6) is 0.660. The van der Waals surface area contributed by atoms with Gasteiger partial charge in [-0.1, -0.05) is 0 Å². The molecule has 0 fully saturated rings. The second kappa shape index (κ2) is 4.39. The second-order valence-corrected chi connectivity index (χ2v) is 4.21. The van der Waals surface area contributed by atoms with E-state index in [0.717, 1.165) is 16.3 Å². The normalized spacial score (nSPS) is 10.4. The number of thiazole rings is 1. The van der Waals surface area contributed by atoms with Crippen molar-refractivity contribution in [3.63, 3.8) is 0 Å². The van der Waals surface area contributed by atoms with Gasteiger partial charge in [-0.2, -0.15) is 0 Å². The Bertz CT molecular complexity index is 553. The summed E-state index contributed by atoms with van der Waals surface area (Å²) in [6.45, 7) is 0. The van der Waals surface area contributed by atoms with Gasteiger partial charge in [0.1, 0.15) is 0 Å². The summed E-state index contributed by atoms with van der Waals surface area (Å²) < 4.78 is 0. The molecule has 0 aliphatic heterocycles. The fourth-order valence-electron chi connectivity index (χ4n) is 1.43. The minimum atomic E-state index is 0.660. The highest BCUT2D eigenvalue weighted by Crippen LogP contribution is 2.25. The van der Waals surface area contributed by atoms with E-state index in [-0.39, 0.29) is 0 Å². The number of hydrogen-bond acceptors (Lipinski definition) is 5. The summed E-state index contributed by atoms with van der Waals surface area (Å²) >= 11 is 1.53. The van der Waals surface area contributed by atoms with Crippen LogP contribution in [-0.2, 0) is 0 Å². The van der Waals surface area contributed by atoms with E-state index in [4.69, 9.17) is 0 Å². The molecular formula is C12H8N4S. The number of rotatable bonds is 2. The summed E-state index contributed by atoms with van der Waals surface area (Å²) in [4.78, 5) is 16.9. The third-order valence-corrected chi connectivity index (χ3v) is 3.06. The van der Waals surface area contributed by atoms with E-state index < -0.39 is 0 Å². The van der Waals surface area contributed by atoms with Gasteiger partial charge in [-0.3, -0.25) is 4.98 Å². The van der Waals surface area contributed by atoms with Gasteiger partial charge in [0.2, 0.25) is 0 Å². The van der Waals surface area contributed by atoms with E-state index in [9.17, 15) is 0 Å². The van der Waals surface area contributed by atoms with Crippen LogP contribution >= 0.6 is 11.3 Å². The number of nitrogens with zero attached hydrogens (tertiary/aromatic N) is 4. The quantitative estimate of drug-likeness (QED) is 0.691. The van der Waals surface area contributed by atoms with Crippen molar-refractivity contribution in [1.82, 2.24) is 19.9 Å². The van der Waals surface area contributed by atoms with E-state index in [2.05, 4.69) is 19.9 Å². The highest BCUT2D eigenvalue weighted by molar-refractivity contribution is 7.13. The molecule has 3 aromatic heterocycles. The average Bonchev–Trinajstić information content (AvgIpc) is 2.90. The van der Waals surface area contributed by atoms with Gasteiger partial charge < -0.3 is 0 Å². The number of hydrogen-bond donors (Lipinski definition) is 0. The third-order valence-electron chi connectivity index (χ3n) is 2.22. The van der Waals surface area contributed by atoms with Crippen molar-refractivity contribution in [2.24, 2.45) is 0 Å². The van der Waals surface area contributed by atoms with E-state index in [0.29, 0.717) is 5.82 Å². The van der Waals surface area contributed by atoms with Crippen molar-refractivity contribution in [1.29, 1.82) is 0 Å². The van der Waals surface area contributed by atoms with E-state index >= 15 is 0 Å².